The fourth-order valence-electron chi connectivity index (χ4n) is 3.59. The molecule has 0 saturated carbocycles. The van der Waals surface area contributed by atoms with Crippen molar-refractivity contribution in [3.8, 4) is 0 Å². The van der Waals surface area contributed by atoms with E-state index in [9.17, 15) is 22.8 Å². The molecule has 2 aliphatic heterocycles. The summed E-state index contributed by atoms with van der Waals surface area (Å²) in [5.41, 5.74) is 0.655. The number of hydrogen-bond acceptors (Lipinski definition) is 6. The Labute approximate surface area is 164 Å². The van der Waals surface area contributed by atoms with Gasteiger partial charge in [-0.05, 0) is 44.0 Å². The first-order valence-electron chi connectivity index (χ1n) is 9.37. The number of anilines is 1. The van der Waals surface area contributed by atoms with Gasteiger partial charge in [-0.25, -0.2) is 12.7 Å². The van der Waals surface area contributed by atoms with Crippen molar-refractivity contribution >= 4 is 33.5 Å². The largest absolute Gasteiger partial charge is 0.466 e. The van der Waals surface area contributed by atoms with Crippen molar-refractivity contribution in [2.24, 2.45) is 11.8 Å². The third-order valence-corrected chi connectivity index (χ3v) is 6.98. The zero-order valence-corrected chi connectivity index (χ0v) is 16.8. The highest BCUT2D eigenvalue weighted by atomic mass is 32.2. The molecule has 0 N–H and O–H groups in total. The summed E-state index contributed by atoms with van der Waals surface area (Å²) >= 11 is 0. The van der Waals surface area contributed by atoms with Crippen molar-refractivity contribution in [3.05, 3.63) is 29.8 Å². The summed E-state index contributed by atoms with van der Waals surface area (Å²) < 4.78 is 30.2. The minimum atomic E-state index is -3.67. The molecule has 28 heavy (non-hydrogen) atoms. The molecule has 2 fully saturated rings. The van der Waals surface area contributed by atoms with Crippen LogP contribution in [0.15, 0.2) is 24.3 Å². The van der Waals surface area contributed by atoms with E-state index in [0.29, 0.717) is 38.1 Å². The first-order chi connectivity index (χ1) is 13.2. The maximum Gasteiger partial charge on any atom is 0.309 e. The zero-order valence-electron chi connectivity index (χ0n) is 16.0. The number of nitrogens with zero attached hydrogens (tertiary/aromatic N) is 2. The fraction of sp³-hybridized carbons (Fsp3) is 0.526. The average Bonchev–Trinajstić information content (AvgIpc) is 2.88. The average molecular weight is 408 g/mol. The van der Waals surface area contributed by atoms with E-state index in [1.165, 1.54) is 24.3 Å². The van der Waals surface area contributed by atoms with E-state index in [2.05, 4.69) is 0 Å². The monoisotopic (exact) mass is 408 g/mol. The van der Waals surface area contributed by atoms with E-state index in [1.54, 1.807) is 18.7 Å². The van der Waals surface area contributed by atoms with Gasteiger partial charge in [0.05, 0.1) is 29.9 Å². The molecule has 2 aliphatic rings. The second-order valence-corrected chi connectivity index (χ2v) is 9.01. The Bertz CT molecular complexity index is 872. The lowest BCUT2D eigenvalue weighted by atomic mass is 9.96. The highest BCUT2D eigenvalue weighted by molar-refractivity contribution is 7.94. The maximum atomic E-state index is 12.7. The molecule has 9 heteroatoms. The van der Waals surface area contributed by atoms with Crippen LogP contribution in [0, 0.1) is 11.8 Å². The minimum absolute atomic E-state index is 0.181. The summed E-state index contributed by atoms with van der Waals surface area (Å²) in [7, 11) is -3.67. The molecule has 8 nitrogen and oxygen atoms in total. The topological polar surface area (TPSA) is 101 Å². The van der Waals surface area contributed by atoms with E-state index in [4.69, 9.17) is 4.74 Å². The van der Waals surface area contributed by atoms with Crippen molar-refractivity contribution in [2.75, 3.05) is 29.8 Å². The molecule has 3 rings (SSSR count). The van der Waals surface area contributed by atoms with E-state index in [1.807, 2.05) is 0 Å². The maximum absolute atomic E-state index is 12.7. The molecule has 0 radical (unpaired) electrons. The number of benzene rings is 1. The van der Waals surface area contributed by atoms with Crippen molar-refractivity contribution in [1.82, 2.24) is 4.90 Å². The first kappa shape index (κ1) is 20.3. The summed E-state index contributed by atoms with van der Waals surface area (Å²) in [5.74, 6) is -1.82. The Balaban J connectivity index is 1.67. The smallest absolute Gasteiger partial charge is 0.309 e. The van der Waals surface area contributed by atoms with Crippen LogP contribution in [0.4, 0.5) is 5.69 Å². The van der Waals surface area contributed by atoms with Crippen LogP contribution in [-0.4, -0.2) is 56.6 Å². The van der Waals surface area contributed by atoms with Crippen molar-refractivity contribution < 1.29 is 27.5 Å². The number of rotatable bonds is 4. The van der Waals surface area contributed by atoms with Crippen molar-refractivity contribution in [1.29, 1.82) is 0 Å². The summed E-state index contributed by atoms with van der Waals surface area (Å²) in [6, 6.07) is 6.01. The van der Waals surface area contributed by atoms with Crippen molar-refractivity contribution in [3.63, 3.8) is 0 Å². The molecule has 1 atom stereocenters. The highest BCUT2D eigenvalue weighted by Gasteiger charge is 2.42. The van der Waals surface area contributed by atoms with Gasteiger partial charge in [0, 0.05) is 18.7 Å². The van der Waals surface area contributed by atoms with Gasteiger partial charge in [-0.2, -0.15) is 0 Å². The molecule has 0 aliphatic carbocycles. The third-order valence-electron chi connectivity index (χ3n) is 5.11. The van der Waals surface area contributed by atoms with Crippen LogP contribution >= 0.6 is 0 Å². The lowest BCUT2D eigenvalue weighted by molar-refractivity contribution is -0.149. The third kappa shape index (κ3) is 3.89. The van der Waals surface area contributed by atoms with E-state index in [0.717, 1.165) is 4.31 Å². The molecule has 0 bridgehead atoms. The van der Waals surface area contributed by atoms with Crippen LogP contribution in [0.5, 0.6) is 0 Å². The minimum Gasteiger partial charge on any atom is -0.466 e. The van der Waals surface area contributed by atoms with E-state index < -0.39 is 21.8 Å². The zero-order chi connectivity index (χ0) is 20.5. The molecule has 2 saturated heterocycles. The summed E-state index contributed by atoms with van der Waals surface area (Å²) in [6.45, 7) is 4.61. The van der Waals surface area contributed by atoms with Gasteiger partial charge >= 0.3 is 5.97 Å². The molecule has 152 valence electrons. The normalized spacial score (nSPS) is 22.4. The number of likely N-dealkylation sites (tertiary alicyclic amines) is 1. The summed E-state index contributed by atoms with van der Waals surface area (Å²) in [6.07, 6.45) is 1.11. The Kier molecular flexibility index (Phi) is 5.74. The molecule has 2 heterocycles. The molecule has 0 aromatic heterocycles. The Hall–Kier alpha value is -2.42. The fourth-order valence-corrected chi connectivity index (χ4v) is 5.41. The number of sulfonamides is 1. The van der Waals surface area contributed by atoms with Crippen LogP contribution in [-0.2, 0) is 24.3 Å². The van der Waals surface area contributed by atoms with Gasteiger partial charge in [0.2, 0.25) is 15.9 Å². The molecule has 2 amide bonds. The van der Waals surface area contributed by atoms with Crippen LogP contribution in [0.2, 0.25) is 0 Å². The number of ether oxygens (including phenoxy) is 1. The summed E-state index contributed by atoms with van der Waals surface area (Å²) in [4.78, 5) is 38.3. The molecular weight excluding hydrogens is 384 g/mol. The predicted octanol–water partition coefficient (Wildman–Crippen LogP) is 1.41. The number of piperidine rings is 1. The molecular formula is C19H24N2O6S. The number of hydrogen-bond donors (Lipinski definition) is 0. The van der Waals surface area contributed by atoms with Gasteiger partial charge in [0.25, 0.3) is 5.91 Å². The van der Waals surface area contributed by atoms with Gasteiger partial charge in [0.15, 0.2) is 0 Å². The van der Waals surface area contributed by atoms with Gasteiger partial charge < -0.3 is 9.64 Å². The van der Waals surface area contributed by atoms with Crippen LogP contribution < -0.4 is 4.31 Å². The van der Waals surface area contributed by atoms with Gasteiger partial charge in [0.1, 0.15) is 0 Å². The second kappa shape index (κ2) is 7.90. The number of esters is 1. The van der Waals surface area contributed by atoms with Gasteiger partial charge in [-0.15, -0.1) is 0 Å². The first-order valence-corrected chi connectivity index (χ1v) is 11.0. The SMILES string of the molecule is CCOC(=O)C1CCN(C(=O)c2ccc(N3C(=O)[C@@H](C)CS3(=O)=O)cc2)CC1. The van der Waals surface area contributed by atoms with Crippen LogP contribution in [0.1, 0.15) is 37.0 Å². The number of amides is 2. The second-order valence-electron chi connectivity index (χ2n) is 7.15. The number of carbonyl (C=O) groups is 3. The van der Waals surface area contributed by atoms with Crippen molar-refractivity contribution in [2.45, 2.75) is 26.7 Å². The lowest BCUT2D eigenvalue weighted by Gasteiger charge is -2.31. The highest BCUT2D eigenvalue weighted by Crippen LogP contribution is 2.29. The Morgan fingerprint density at radius 3 is 2.25 bits per heavy atom. The molecule has 0 spiro atoms. The Morgan fingerprint density at radius 2 is 1.75 bits per heavy atom. The standard InChI is InChI=1S/C19H24N2O6S/c1-3-27-19(24)15-8-10-20(11-9-15)18(23)14-4-6-16(7-5-14)21-17(22)13(2)12-28(21,25)26/h4-7,13,15H,3,8-12H2,1-2H3/t13-/m0/s1. The van der Waals surface area contributed by atoms with Gasteiger partial charge in [-0.1, -0.05) is 6.92 Å². The predicted molar refractivity (Wildman–Crippen MR) is 102 cm³/mol. The molecule has 0 unspecified atom stereocenters. The van der Waals surface area contributed by atoms with Crippen LogP contribution in [0.3, 0.4) is 0 Å². The lowest BCUT2D eigenvalue weighted by Crippen LogP contribution is -2.40. The van der Waals surface area contributed by atoms with E-state index >= 15 is 0 Å². The molecule has 1 aromatic carbocycles. The van der Waals surface area contributed by atoms with Crippen LogP contribution in [0.25, 0.3) is 0 Å². The van der Waals surface area contributed by atoms with E-state index in [-0.39, 0.29) is 29.2 Å². The summed E-state index contributed by atoms with van der Waals surface area (Å²) in [5, 5.41) is 0. The quantitative estimate of drug-likeness (QED) is 0.699. The Morgan fingerprint density at radius 1 is 1.14 bits per heavy atom. The van der Waals surface area contributed by atoms with Gasteiger partial charge in [-0.3, -0.25) is 14.4 Å². The number of carbonyl (C=O) groups excluding carboxylic acids is 3. The molecule has 1 aromatic rings.